The molecule has 0 aliphatic carbocycles. The average Bonchev–Trinajstić information content (AvgIpc) is 2.70. The van der Waals surface area contributed by atoms with E-state index in [2.05, 4.69) is 31.9 Å². The summed E-state index contributed by atoms with van der Waals surface area (Å²) in [4.78, 5) is 0. The van der Waals surface area contributed by atoms with Crippen molar-refractivity contribution in [1.82, 2.24) is 0 Å². The van der Waals surface area contributed by atoms with Crippen molar-refractivity contribution >= 4 is 31.9 Å². The second-order valence-corrected chi connectivity index (χ2v) is 7.38. The zero-order valence-electron chi connectivity index (χ0n) is 16.7. The highest BCUT2D eigenvalue weighted by Crippen LogP contribution is 2.33. The minimum Gasteiger partial charge on any atom is -0.496 e. The second kappa shape index (κ2) is 12.9. The lowest BCUT2D eigenvalue weighted by Crippen LogP contribution is -2.04. The number of methoxy groups -OCH3 is 4. The lowest BCUT2D eigenvalue weighted by atomic mass is 10.1. The number of rotatable bonds is 8. The molecule has 2 aromatic rings. The van der Waals surface area contributed by atoms with Crippen LogP contribution in [0.25, 0.3) is 0 Å². The fraction of sp³-hybridized carbons (Fsp3) is 0.400. The first-order valence-electron chi connectivity index (χ1n) is 8.66. The quantitative estimate of drug-likeness (QED) is 0.549. The topological polar surface area (TPSA) is 89.0 Å². The molecule has 0 bridgehead atoms. The highest BCUT2D eigenvalue weighted by Gasteiger charge is 2.09. The van der Waals surface area contributed by atoms with Crippen molar-refractivity contribution in [3.63, 3.8) is 0 Å². The molecule has 0 aromatic heterocycles. The van der Waals surface area contributed by atoms with E-state index < -0.39 is 0 Å². The summed E-state index contributed by atoms with van der Waals surface area (Å²) < 4.78 is 22.6. The Kier molecular flexibility index (Phi) is 11.3. The van der Waals surface area contributed by atoms with Crippen molar-refractivity contribution < 1.29 is 18.9 Å². The van der Waals surface area contributed by atoms with E-state index in [-0.39, 0.29) is 0 Å². The normalized spacial score (nSPS) is 10.0. The minimum atomic E-state index is 0.598. The Morgan fingerprint density at radius 2 is 0.929 bits per heavy atom. The molecule has 0 amide bonds. The Morgan fingerprint density at radius 3 is 1.18 bits per heavy atom. The number of hydrogen-bond donors (Lipinski definition) is 2. The molecule has 6 nitrogen and oxygen atoms in total. The first kappa shape index (κ1) is 24.6. The molecule has 0 aliphatic rings. The largest absolute Gasteiger partial charge is 0.496 e. The predicted molar refractivity (Wildman–Crippen MR) is 120 cm³/mol. The summed E-state index contributed by atoms with van der Waals surface area (Å²) in [5.41, 5.74) is 13.1. The second-order valence-electron chi connectivity index (χ2n) is 5.67. The van der Waals surface area contributed by atoms with Gasteiger partial charge in [-0.05, 0) is 93.2 Å². The molecule has 0 saturated carbocycles. The Hall–Kier alpha value is -1.48. The lowest BCUT2D eigenvalue weighted by Gasteiger charge is -2.11. The van der Waals surface area contributed by atoms with Crippen LogP contribution >= 0.6 is 31.9 Å². The maximum absolute atomic E-state index is 5.51. The summed E-state index contributed by atoms with van der Waals surface area (Å²) in [6.45, 7) is 1.20. The van der Waals surface area contributed by atoms with E-state index in [1.54, 1.807) is 28.4 Å². The molecule has 8 heteroatoms. The SMILES string of the molecule is COc1cc(CCN)c(OC)cc1Br.COc1cc(CCN)c(OC)cc1Br. The van der Waals surface area contributed by atoms with Crippen LogP contribution in [0.2, 0.25) is 0 Å². The van der Waals surface area contributed by atoms with Gasteiger partial charge in [-0.1, -0.05) is 0 Å². The first-order valence-corrected chi connectivity index (χ1v) is 10.2. The van der Waals surface area contributed by atoms with Gasteiger partial charge < -0.3 is 30.4 Å². The summed E-state index contributed by atoms with van der Waals surface area (Å²) in [6.07, 6.45) is 1.57. The van der Waals surface area contributed by atoms with Crippen molar-refractivity contribution in [2.75, 3.05) is 41.5 Å². The van der Waals surface area contributed by atoms with Crippen LogP contribution < -0.4 is 30.4 Å². The zero-order chi connectivity index (χ0) is 21.1. The number of benzene rings is 2. The molecular formula is C20H28Br2N2O4. The maximum Gasteiger partial charge on any atom is 0.133 e. The van der Waals surface area contributed by atoms with Crippen LogP contribution in [0, 0.1) is 0 Å². The Labute approximate surface area is 183 Å². The van der Waals surface area contributed by atoms with E-state index in [0.29, 0.717) is 13.1 Å². The minimum absolute atomic E-state index is 0.598. The highest BCUT2D eigenvalue weighted by molar-refractivity contribution is 9.10. The van der Waals surface area contributed by atoms with Crippen LogP contribution in [0.4, 0.5) is 0 Å². The molecule has 28 heavy (non-hydrogen) atoms. The van der Waals surface area contributed by atoms with E-state index in [1.165, 1.54) is 0 Å². The van der Waals surface area contributed by atoms with Crippen LogP contribution in [-0.2, 0) is 12.8 Å². The lowest BCUT2D eigenvalue weighted by molar-refractivity contribution is 0.397. The van der Waals surface area contributed by atoms with Gasteiger partial charge in [0.1, 0.15) is 23.0 Å². The molecule has 4 N–H and O–H groups in total. The number of halogens is 2. The molecule has 0 atom stereocenters. The van der Waals surface area contributed by atoms with Crippen molar-refractivity contribution in [2.45, 2.75) is 12.8 Å². The molecule has 2 rings (SSSR count). The van der Waals surface area contributed by atoms with E-state index in [1.807, 2.05) is 24.3 Å². The molecular weight excluding hydrogens is 492 g/mol. The summed E-state index contributed by atoms with van der Waals surface area (Å²) in [7, 11) is 6.57. The molecule has 0 fully saturated rings. The fourth-order valence-corrected chi connectivity index (χ4v) is 3.52. The summed E-state index contributed by atoms with van der Waals surface area (Å²) >= 11 is 6.79. The van der Waals surface area contributed by atoms with E-state index >= 15 is 0 Å². The Bertz CT molecular complexity index is 694. The molecule has 0 aliphatic heterocycles. The third-order valence-corrected chi connectivity index (χ3v) is 5.18. The fourth-order valence-electron chi connectivity index (χ4n) is 2.55. The van der Waals surface area contributed by atoms with Gasteiger partial charge in [0.25, 0.3) is 0 Å². The van der Waals surface area contributed by atoms with Crippen LogP contribution in [0.1, 0.15) is 11.1 Å². The van der Waals surface area contributed by atoms with Crippen molar-refractivity contribution in [1.29, 1.82) is 0 Å². The van der Waals surface area contributed by atoms with Gasteiger partial charge in [-0.3, -0.25) is 0 Å². The average molecular weight is 520 g/mol. The summed E-state index contributed by atoms with van der Waals surface area (Å²) in [5.74, 6) is 3.27. The van der Waals surface area contributed by atoms with Gasteiger partial charge in [-0.2, -0.15) is 0 Å². The number of nitrogens with two attached hydrogens (primary N) is 2. The van der Waals surface area contributed by atoms with Gasteiger partial charge in [0.2, 0.25) is 0 Å². The molecule has 0 radical (unpaired) electrons. The standard InChI is InChI=1S/2C10H14BrNO2/c2*1-13-9-6-8(11)10(14-2)5-7(9)3-4-12/h2*5-6H,3-4,12H2,1-2H3. The van der Waals surface area contributed by atoms with Gasteiger partial charge >= 0.3 is 0 Å². The predicted octanol–water partition coefficient (Wildman–Crippen LogP) is 3.94. The third kappa shape index (κ3) is 6.84. The smallest absolute Gasteiger partial charge is 0.133 e. The first-order chi connectivity index (χ1) is 13.4. The van der Waals surface area contributed by atoms with Crippen LogP contribution in [0.3, 0.4) is 0 Å². The van der Waals surface area contributed by atoms with Crippen molar-refractivity contribution in [3.8, 4) is 23.0 Å². The number of ether oxygens (including phenoxy) is 4. The van der Waals surface area contributed by atoms with Gasteiger partial charge in [-0.15, -0.1) is 0 Å². The van der Waals surface area contributed by atoms with Crippen LogP contribution in [-0.4, -0.2) is 41.5 Å². The molecule has 0 spiro atoms. The summed E-state index contributed by atoms with van der Waals surface area (Å²) in [5, 5.41) is 0. The van der Waals surface area contributed by atoms with Crippen molar-refractivity contribution in [2.24, 2.45) is 11.5 Å². The Balaban J connectivity index is 0.000000280. The van der Waals surface area contributed by atoms with Gasteiger partial charge in [-0.25, -0.2) is 0 Å². The molecule has 156 valence electrons. The molecule has 0 saturated heterocycles. The Morgan fingerprint density at radius 1 is 0.607 bits per heavy atom. The van der Waals surface area contributed by atoms with Crippen LogP contribution in [0.15, 0.2) is 33.2 Å². The third-order valence-electron chi connectivity index (χ3n) is 3.94. The zero-order valence-corrected chi connectivity index (χ0v) is 19.9. The van der Waals surface area contributed by atoms with Gasteiger partial charge in [0, 0.05) is 0 Å². The van der Waals surface area contributed by atoms with E-state index in [0.717, 1.165) is 55.9 Å². The van der Waals surface area contributed by atoms with Gasteiger partial charge in [0.05, 0.1) is 37.4 Å². The maximum atomic E-state index is 5.51. The molecule has 0 heterocycles. The van der Waals surface area contributed by atoms with Crippen LogP contribution in [0.5, 0.6) is 23.0 Å². The molecule has 0 unspecified atom stereocenters. The number of hydrogen-bond acceptors (Lipinski definition) is 6. The monoisotopic (exact) mass is 518 g/mol. The molecule has 2 aromatic carbocycles. The summed E-state index contributed by atoms with van der Waals surface area (Å²) in [6, 6.07) is 7.67. The van der Waals surface area contributed by atoms with Gasteiger partial charge in [0.15, 0.2) is 0 Å². The van der Waals surface area contributed by atoms with E-state index in [9.17, 15) is 0 Å². The highest BCUT2D eigenvalue weighted by atomic mass is 79.9. The van der Waals surface area contributed by atoms with E-state index in [4.69, 9.17) is 30.4 Å². The van der Waals surface area contributed by atoms with Crippen molar-refractivity contribution in [3.05, 3.63) is 44.3 Å².